The lowest BCUT2D eigenvalue weighted by atomic mass is 10.2. The molecule has 0 aliphatic carbocycles. The maximum Gasteiger partial charge on any atom is 0.0498 e. The molecule has 0 aromatic heterocycles. The van der Waals surface area contributed by atoms with Crippen molar-refractivity contribution in [2.75, 3.05) is 6.26 Å². The Morgan fingerprint density at radius 1 is 1.31 bits per heavy atom. The van der Waals surface area contributed by atoms with Crippen LogP contribution in [0.3, 0.4) is 0 Å². The average molecular weight is 217 g/mol. The van der Waals surface area contributed by atoms with E-state index in [-0.39, 0.29) is 4.90 Å². The van der Waals surface area contributed by atoms with Gasteiger partial charge in [0, 0.05) is 26.8 Å². The molecule has 0 radical (unpaired) electrons. The van der Waals surface area contributed by atoms with Gasteiger partial charge >= 0.3 is 0 Å². The lowest BCUT2D eigenvalue weighted by Gasteiger charge is -2.09. The summed E-state index contributed by atoms with van der Waals surface area (Å²) in [7, 11) is -1.14. The second kappa shape index (κ2) is 4.13. The summed E-state index contributed by atoms with van der Waals surface area (Å²) in [5, 5.41) is 0. The highest BCUT2D eigenvalue weighted by Gasteiger charge is 2.02. The SMILES string of the molecule is Cc1ccc(S(C)=O)cc1S(=O)[O-]. The van der Waals surface area contributed by atoms with Gasteiger partial charge in [-0.05, 0) is 35.7 Å². The molecule has 1 aromatic carbocycles. The minimum atomic E-state index is -2.25. The van der Waals surface area contributed by atoms with Crippen molar-refractivity contribution < 1.29 is 13.0 Å². The second-order valence-corrected chi connectivity index (χ2v) is 4.91. The molecule has 2 unspecified atom stereocenters. The van der Waals surface area contributed by atoms with Crippen LogP contribution in [-0.4, -0.2) is 19.2 Å². The first kappa shape index (κ1) is 10.6. The third-order valence-electron chi connectivity index (χ3n) is 1.67. The molecule has 0 amide bonds. The Morgan fingerprint density at radius 3 is 2.38 bits per heavy atom. The molecule has 0 N–H and O–H groups in total. The highest BCUT2D eigenvalue weighted by Crippen LogP contribution is 2.16. The van der Waals surface area contributed by atoms with E-state index < -0.39 is 21.9 Å². The summed E-state index contributed by atoms with van der Waals surface area (Å²) in [6.07, 6.45) is 1.52. The van der Waals surface area contributed by atoms with Gasteiger partial charge in [0.25, 0.3) is 0 Å². The minimum absolute atomic E-state index is 0.215. The summed E-state index contributed by atoms with van der Waals surface area (Å²) in [6, 6.07) is 4.76. The maximum absolute atomic E-state index is 11.0. The fourth-order valence-corrected chi connectivity index (χ4v) is 2.11. The lowest BCUT2D eigenvalue weighted by molar-refractivity contribution is 0.536. The van der Waals surface area contributed by atoms with Crippen molar-refractivity contribution in [3.8, 4) is 0 Å². The molecular weight excluding hydrogens is 208 g/mol. The summed E-state index contributed by atoms with van der Waals surface area (Å²) in [6.45, 7) is 1.70. The molecule has 13 heavy (non-hydrogen) atoms. The molecule has 0 spiro atoms. The summed E-state index contributed by atoms with van der Waals surface area (Å²) < 4.78 is 32.4. The molecule has 1 aromatic rings. The van der Waals surface area contributed by atoms with Gasteiger partial charge in [0.15, 0.2) is 0 Å². The molecule has 5 heteroatoms. The van der Waals surface area contributed by atoms with Crippen LogP contribution in [-0.2, 0) is 21.9 Å². The Bertz CT molecular complexity index is 374. The van der Waals surface area contributed by atoms with E-state index in [4.69, 9.17) is 0 Å². The Morgan fingerprint density at radius 2 is 1.92 bits per heavy atom. The second-order valence-electron chi connectivity index (χ2n) is 2.62. The highest BCUT2D eigenvalue weighted by molar-refractivity contribution is 7.84. The normalized spacial score (nSPS) is 15.3. The lowest BCUT2D eigenvalue weighted by Crippen LogP contribution is -1.96. The minimum Gasteiger partial charge on any atom is -0.768 e. The summed E-state index contributed by atoms with van der Waals surface area (Å²) in [5.41, 5.74) is 0.669. The quantitative estimate of drug-likeness (QED) is 0.694. The Hall–Kier alpha value is -0.520. The predicted molar refractivity (Wildman–Crippen MR) is 50.7 cm³/mol. The molecule has 0 aliphatic rings. The third kappa shape index (κ3) is 2.46. The average Bonchev–Trinajstić information content (AvgIpc) is 2.04. The Kier molecular flexibility index (Phi) is 3.35. The summed E-state index contributed by atoms with van der Waals surface area (Å²) >= 11 is -2.25. The van der Waals surface area contributed by atoms with Crippen LogP contribution in [0.1, 0.15) is 5.56 Å². The number of hydrogen-bond acceptors (Lipinski definition) is 3. The zero-order chi connectivity index (χ0) is 10.0. The maximum atomic E-state index is 11.0. The third-order valence-corrected chi connectivity index (χ3v) is 3.39. The van der Waals surface area contributed by atoms with E-state index in [0.29, 0.717) is 10.5 Å². The zero-order valence-electron chi connectivity index (χ0n) is 7.27. The topological polar surface area (TPSA) is 57.2 Å². The van der Waals surface area contributed by atoms with Gasteiger partial charge in [0.2, 0.25) is 0 Å². The van der Waals surface area contributed by atoms with Crippen LogP contribution in [0.25, 0.3) is 0 Å². The molecule has 2 atom stereocenters. The Balaban J connectivity index is 3.27. The van der Waals surface area contributed by atoms with E-state index >= 15 is 0 Å². The number of aryl methyl sites for hydroxylation is 1. The smallest absolute Gasteiger partial charge is 0.0498 e. The molecule has 0 heterocycles. The first-order chi connectivity index (χ1) is 6.02. The first-order valence-corrected chi connectivity index (χ1v) is 6.19. The van der Waals surface area contributed by atoms with Crippen LogP contribution in [0.2, 0.25) is 0 Å². The van der Waals surface area contributed by atoms with E-state index in [2.05, 4.69) is 0 Å². The number of benzene rings is 1. The standard InChI is InChI=1S/C8H10O3S2/c1-6-3-4-7(12(2)9)5-8(6)13(10)11/h3-5H,1-2H3,(H,10,11)/p-1. The van der Waals surface area contributed by atoms with Crippen molar-refractivity contribution in [2.24, 2.45) is 0 Å². The molecular formula is C8H9O3S2-. The van der Waals surface area contributed by atoms with Crippen LogP contribution in [0.5, 0.6) is 0 Å². The summed E-state index contributed by atoms with van der Waals surface area (Å²) in [5.74, 6) is 0. The largest absolute Gasteiger partial charge is 0.768 e. The Labute approximate surface area is 81.9 Å². The van der Waals surface area contributed by atoms with Crippen molar-refractivity contribution >= 4 is 21.9 Å². The molecule has 3 nitrogen and oxygen atoms in total. The van der Waals surface area contributed by atoms with Gasteiger partial charge in [-0.1, -0.05) is 6.07 Å². The number of hydrogen-bond donors (Lipinski definition) is 0. The van der Waals surface area contributed by atoms with E-state index in [1.807, 2.05) is 0 Å². The molecule has 0 saturated heterocycles. The molecule has 0 aliphatic heterocycles. The molecule has 0 fully saturated rings. The van der Waals surface area contributed by atoms with Crippen LogP contribution < -0.4 is 0 Å². The van der Waals surface area contributed by atoms with Crippen molar-refractivity contribution in [1.29, 1.82) is 0 Å². The predicted octanol–water partition coefficient (Wildman–Crippen LogP) is 0.970. The molecule has 1 rings (SSSR count). The zero-order valence-corrected chi connectivity index (χ0v) is 8.91. The summed E-state index contributed by atoms with van der Waals surface area (Å²) in [4.78, 5) is 0.748. The van der Waals surface area contributed by atoms with E-state index in [0.717, 1.165) is 0 Å². The van der Waals surface area contributed by atoms with Gasteiger partial charge in [-0.3, -0.25) is 8.42 Å². The molecule has 0 saturated carbocycles. The van der Waals surface area contributed by atoms with Crippen LogP contribution in [0, 0.1) is 6.92 Å². The van der Waals surface area contributed by atoms with Gasteiger partial charge < -0.3 is 4.55 Å². The van der Waals surface area contributed by atoms with Crippen molar-refractivity contribution in [3.63, 3.8) is 0 Å². The van der Waals surface area contributed by atoms with Crippen LogP contribution in [0.15, 0.2) is 28.0 Å². The van der Waals surface area contributed by atoms with Crippen molar-refractivity contribution in [3.05, 3.63) is 23.8 Å². The van der Waals surface area contributed by atoms with Crippen molar-refractivity contribution in [2.45, 2.75) is 16.7 Å². The number of rotatable bonds is 2. The molecule has 72 valence electrons. The van der Waals surface area contributed by atoms with Gasteiger partial charge in [-0.15, -0.1) is 0 Å². The fourth-order valence-electron chi connectivity index (χ4n) is 0.939. The van der Waals surface area contributed by atoms with Crippen LogP contribution >= 0.6 is 0 Å². The van der Waals surface area contributed by atoms with Gasteiger partial charge in [-0.2, -0.15) is 0 Å². The highest BCUT2D eigenvalue weighted by atomic mass is 32.2. The van der Waals surface area contributed by atoms with E-state index in [9.17, 15) is 13.0 Å². The van der Waals surface area contributed by atoms with E-state index in [1.54, 1.807) is 19.1 Å². The van der Waals surface area contributed by atoms with Gasteiger partial charge in [0.05, 0.1) is 0 Å². The monoisotopic (exact) mass is 217 g/mol. The van der Waals surface area contributed by atoms with E-state index in [1.165, 1.54) is 12.3 Å². The molecule has 0 bridgehead atoms. The van der Waals surface area contributed by atoms with Gasteiger partial charge in [-0.25, -0.2) is 0 Å². The fraction of sp³-hybridized carbons (Fsp3) is 0.250. The van der Waals surface area contributed by atoms with Crippen molar-refractivity contribution in [1.82, 2.24) is 0 Å². The van der Waals surface area contributed by atoms with Gasteiger partial charge in [0.1, 0.15) is 0 Å². The van der Waals surface area contributed by atoms with Crippen LogP contribution in [0.4, 0.5) is 0 Å². The first-order valence-electron chi connectivity index (χ1n) is 3.55.